The van der Waals surface area contributed by atoms with Crippen LogP contribution in [-0.2, 0) is 0 Å². The summed E-state index contributed by atoms with van der Waals surface area (Å²) in [5.74, 6) is 0. The molecule has 0 heterocycles. The first-order valence-electron chi connectivity index (χ1n) is 9.53. The van der Waals surface area contributed by atoms with Gasteiger partial charge in [0.1, 0.15) is 11.8 Å². The third kappa shape index (κ3) is 6.38. The third-order valence-corrected chi connectivity index (χ3v) is 4.55. The van der Waals surface area contributed by atoms with E-state index >= 15 is 0 Å². The molecule has 0 aliphatic heterocycles. The number of nitrogens with zero attached hydrogens (tertiary/aromatic N) is 4. The predicted octanol–water partition coefficient (Wildman–Crippen LogP) is 4.99. The molecule has 0 fully saturated rings. The predicted molar refractivity (Wildman–Crippen MR) is 119 cm³/mol. The number of oxime groups is 2. The van der Waals surface area contributed by atoms with Crippen LogP contribution >= 0.6 is 0 Å². The van der Waals surface area contributed by atoms with Crippen molar-refractivity contribution < 1.29 is 10.4 Å². The molecule has 152 valence electrons. The van der Waals surface area contributed by atoms with E-state index in [-0.39, 0.29) is 6.04 Å². The Morgan fingerprint density at radius 2 is 1.48 bits per heavy atom. The minimum absolute atomic E-state index is 0.332. The minimum atomic E-state index is -0.332. The first-order valence-corrected chi connectivity index (χ1v) is 9.53. The molecule has 0 radical (unpaired) electrons. The SMILES string of the molecule is C/C(=N\O)C(=NCCC=NC(/C(C)=N/O)c1ccc(C)cc1)c1ccc(C)cc1. The molecule has 0 aromatic heterocycles. The second-order valence-corrected chi connectivity index (χ2v) is 6.96. The summed E-state index contributed by atoms with van der Waals surface area (Å²) in [5.41, 5.74) is 5.83. The van der Waals surface area contributed by atoms with E-state index in [1.165, 1.54) is 0 Å². The second kappa shape index (κ2) is 10.9. The molecule has 2 rings (SSSR count). The fourth-order valence-corrected chi connectivity index (χ4v) is 2.83. The largest absolute Gasteiger partial charge is 0.411 e. The van der Waals surface area contributed by atoms with Crippen LogP contribution in [0.1, 0.15) is 48.6 Å². The summed E-state index contributed by atoms with van der Waals surface area (Å²) in [4.78, 5) is 9.17. The summed E-state index contributed by atoms with van der Waals surface area (Å²) in [6.45, 7) is 8.01. The molecule has 0 aliphatic carbocycles. The van der Waals surface area contributed by atoms with Crippen LogP contribution in [-0.4, -0.2) is 40.3 Å². The average Bonchev–Trinajstić information content (AvgIpc) is 2.74. The summed E-state index contributed by atoms with van der Waals surface area (Å²) in [6, 6.07) is 15.6. The summed E-state index contributed by atoms with van der Waals surface area (Å²) in [6.07, 6.45) is 2.40. The highest BCUT2D eigenvalue weighted by atomic mass is 16.4. The van der Waals surface area contributed by atoms with Gasteiger partial charge in [-0.05, 0) is 33.3 Å². The van der Waals surface area contributed by atoms with Crippen molar-refractivity contribution in [2.75, 3.05) is 6.54 Å². The zero-order valence-corrected chi connectivity index (χ0v) is 17.4. The molecule has 6 heteroatoms. The van der Waals surface area contributed by atoms with Crippen LogP contribution in [0.2, 0.25) is 0 Å². The molecular weight excluding hydrogens is 364 g/mol. The number of hydrogen-bond acceptors (Lipinski definition) is 6. The monoisotopic (exact) mass is 392 g/mol. The van der Waals surface area contributed by atoms with Crippen molar-refractivity contribution in [3.05, 3.63) is 70.8 Å². The lowest BCUT2D eigenvalue weighted by molar-refractivity contribution is 0.316. The lowest BCUT2D eigenvalue weighted by Gasteiger charge is -2.12. The van der Waals surface area contributed by atoms with Gasteiger partial charge in [-0.2, -0.15) is 0 Å². The Morgan fingerprint density at radius 1 is 0.897 bits per heavy atom. The van der Waals surface area contributed by atoms with Gasteiger partial charge in [0.15, 0.2) is 0 Å². The maximum atomic E-state index is 9.19. The zero-order valence-electron chi connectivity index (χ0n) is 17.4. The van der Waals surface area contributed by atoms with Crippen molar-refractivity contribution in [1.29, 1.82) is 0 Å². The van der Waals surface area contributed by atoms with Gasteiger partial charge in [-0.3, -0.25) is 9.98 Å². The van der Waals surface area contributed by atoms with E-state index in [4.69, 9.17) is 0 Å². The quantitative estimate of drug-likeness (QED) is 0.287. The molecule has 0 spiro atoms. The number of rotatable bonds is 8. The van der Waals surface area contributed by atoms with Crippen LogP contribution < -0.4 is 0 Å². The Balaban J connectivity index is 2.12. The van der Waals surface area contributed by atoms with Crippen molar-refractivity contribution in [2.45, 2.75) is 40.2 Å². The first kappa shape index (κ1) is 22.0. The van der Waals surface area contributed by atoms with Crippen molar-refractivity contribution >= 4 is 23.3 Å². The topological polar surface area (TPSA) is 89.9 Å². The van der Waals surface area contributed by atoms with Crippen molar-refractivity contribution in [1.82, 2.24) is 0 Å². The molecule has 0 amide bonds. The molecule has 2 N–H and O–H groups in total. The van der Waals surface area contributed by atoms with E-state index in [9.17, 15) is 10.4 Å². The molecule has 0 bridgehead atoms. The molecule has 0 saturated carbocycles. The van der Waals surface area contributed by atoms with E-state index < -0.39 is 0 Å². The highest BCUT2D eigenvalue weighted by molar-refractivity contribution is 6.47. The molecule has 2 aromatic carbocycles. The first-order chi connectivity index (χ1) is 14.0. The molecule has 0 aliphatic rings. The molecule has 0 saturated heterocycles. The van der Waals surface area contributed by atoms with E-state index in [2.05, 4.69) is 20.3 Å². The Hall–Kier alpha value is -3.28. The van der Waals surface area contributed by atoms with Crippen LogP contribution in [0.15, 0.2) is 68.8 Å². The number of hydrogen-bond donors (Lipinski definition) is 2. The lowest BCUT2D eigenvalue weighted by atomic mass is 10.0. The average molecular weight is 393 g/mol. The summed E-state index contributed by atoms with van der Waals surface area (Å²) >= 11 is 0. The second-order valence-electron chi connectivity index (χ2n) is 6.96. The maximum absolute atomic E-state index is 9.19. The summed E-state index contributed by atoms with van der Waals surface area (Å²) in [7, 11) is 0. The van der Waals surface area contributed by atoms with Gasteiger partial charge in [-0.15, -0.1) is 0 Å². The Morgan fingerprint density at radius 3 is 2.03 bits per heavy atom. The fourth-order valence-electron chi connectivity index (χ4n) is 2.83. The van der Waals surface area contributed by atoms with E-state index in [0.717, 1.165) is 22.3 Å². The Labute approximate surface area is 172 Å². The van der Waals surface area contributed by atoms with Crippen molar-refractivity contribution in [2.24, 2.45) is 20.3 Å². The van der Waals surface area contributed by atoms with Crippen LogP contribution in [0.4, 0.5) is 0 Å². The van der Waals surface area contributed by atoms with E-state index in [1.54, 1.807) is 20.1 Å². The van der Waals surface area contributed by atoms with Crippen LogP contribution in [0.25, 0.3) is 0 Å². The Bertz CT molecular complexity index is 911. The lowest BCUT2D eigenvalue weighted by Crippen LogP contribution is -2.13. The van der Waals surface area contributed by atoms with Gasteiger partial charge in [-0.1, -0.05) is 70.0 Å². The molecular formula is C23H28N4O2. The van der Waals surface area contributed by atoms with Crippen LogP contribution in [0.5, 0.6) is 0 Å². The Kier molecular flexibility index (Phi) is 8.27. The zero-order chi connectivity index (χ0) is 21.2. The van der Waals surface area contributed by atoms with Gasteiger partial charge >= 0.3 is 0 Å². The minimum Gasteiger partial charge on any atom is -0.411 e. The van der Waals surface area contributed by atoms with Gasteiger partial charge in [0, 0.05) is 24.7 Å². The van der Waals surface area contributed by atoms with Gasteiger partial charge in [-0.25, -0.2) is 0 Å². The third-order valence-electron chi connectivity index (χ3n) is 4.55. The van der Waals surface area contributed by atoms with E-state index in [1.807, 2.05) is 62.4 Å². The van der Waals surface area contributed by atoms with Gasteiger partial charge in [0.2, 0.25) is 0 Å². The van der Waals surface area contributed by atoms with Crippen molar-refractivity contribution in [3.8, 4) is 0 Å². The highest BCUT2D eigenvalue weighted by Gasteiger charge is 2.13. The van der Waals surface area contributed by atoms with Crippen LogP contribution in [0.3, 0.4) is 0 Å². The van der Waals surface area contributed by atoms with Gasteiger partial charge < -0.3 is 10.4 Å². The van der Waals surface area contributed by atoms with E-state index in [0.29, 0.717) is 30.1 Å². The standard InChI is InChI=1S/C23H28N4O2/c1-16-6-10-20(11-7-16)22(18(3)26-28)24-14-5-15-25-23(19(4)27-29)21-12-8-17(2)9-13-21/h6-14,22,28-29H,5,15H2,1-4H3/b24-14?,25-23?,26-18+,27-19+. The number of benzene rings is 2. The fraction of sp³-hybridized carbons (Fsp3) is 0.304. The maximum Gasteiger partial charge on any atom is 0.116 e. The van der Waals surface area contributed by atoms with Gasteiger partial charge in [0.25, 0.3) is 0 Å². The molecule has 1 atom stereocenters. The molecule has 2 aromatic rings. The summed E-state index contributed by atoms with van der Waals surface area (Å²) in [5, 5.41) is 25.0. The normalized spacial score (nSPS) is 14.4. The highest BCUT2D eigenvalue weighted by Crippen LogP contribution is 2.19. The molecule has 1 unspecified atom stereocenters. The number of aliphatic imine (C=N–C) groups is 2. The summed E-state index contributed by atoms with van der Waals surface area (Å²) < 4.78 is 0. The number of aryl methyl sites for hydroxylation is 2. The van der Waals surface area contributed by atoms with Crippen molar-refractivity contribution in [3.63, 3.8) is 0 Å². The molecule has 6 nitrogen and oxygen atoms in total. The smallest absolute Gasteiger partial charge is 0.116 e. The van der Waals surface area contributed by atoms with Crippen LogP contribution in [0, 0.1) is 13.8 Å². The van der Waals surface area contributed by atoms with Gasteiger partial charge in [0.05, 0.1) is 11.4 Å². The molecule has 29 heavy (non-hydrogen) atoms.